The summed E-state index contributed by atoms with van der Waals surface area (Å²) in [4.78, 5) is 38.2. The number of ether oxygens (including phenoxy) is 1. The van der Waals surface area contributed by atoms with Gasteiger partial charge in [-0.25, -0.2) is 0 Å². The van der Waals surface area contributed by atoms with Gasteiger partial charge in [-0.3, -0.25) is 14.4 Å². The minimum atomic E-state index is -0.307. The van der Waals surface area contributed by atoms with Gasteiger partial charge in [0.1, 0.15) is 5.75 Å². The summed E-state index contributed by atoms with van der Waals surface area (Å²) >= 11 is 0. The van der Waals surface area contributed by atoms with Crippen LogP contribution in [0.1, 0.15) is 43.5 Å². The van der Waals surface area contributed by atoms with Gasteiger partial charge in [0.25, 0.3) is 0 Å². The fourth-order valence-electron chi connectivity index (χ4n) is 3.11. The minimum absolute atomic E-state index is 0. The number of rotatable bonds is 7. The topological polar surface area (TPSA) is 102 Å². The van der Waals surface area contributed by atoms with Gasteiger partial charge < -0.3 is 20.7 Å². The lowest BCUT2D eigenvalue weighted by molar-refractivity contribution is -0.136. The number of nitrogens with zero attached hydrogens (tertiary/aromatic N) is 1. The molecule has 7 nitrogen and oxygen atoms in total. The highest BCUT2D eigenvalue weighted by Gasteiger charge is 2.35. The van der Waals surface area contributed by atoms with Gasteiger partial charge in [0.05, 0.1) is 13.7 Å². The van der Waals surface area contributed by atoms with E-state index in [0.717, 1.165) is 6.42 Å². The normalized spacial score (nSPS) is 18.0. The van der Waals surface area contributed by atoms with E-state index in [2.05, 4.69) is 19.2 Å². The second kappa shape index (κ2) is 10.4. The number of ketones is 1. The van der Waals surface area contributed by atoms with Crippen LogP contribution in [-0.2, 0) is 9.59 Å². The number of carbonyl (C=O) groups is 3. The van der Waals surface area contributed by atoms with Crippen molar-refractivity contribution in [2.24, 2.45) is 11.1 Å². The molecule has 28 heavy (non-hydrogen) atoms. The van der Waals surface area contributed by atoms with Crippen molar-refractivity contribution in [3.8, 4) is 5.75 Å². The number of likely N-dealkylation sites (tertiary alicyclic amines) is 1. The molecule has 1 atom stereocenters. The van der Waals surface area contributed by atoms with Gasteiger partial charge in [-0.2, -0.15) is 0 Å². The zero-order valence-electron chi connectivity index (χ0n) is 16.7. The number of Topliss-reactive ketones (excluding diaryl/α,β-unsaturated/α-hetero) is 1. The van der Waals surface area contributed by atoms with Gasteiger partial charge in [0.2, 0.25) is 11.8 Å². The number of benzene rings is 1. The molecule has 0 aromatic heterocycles. The maximum absolute atomic E-state index is 12.3. The van der Waals surface area contributed by atoms with Crippen LogP contribution in [-0.4, -0.2) is 55.3 Å². The molecule has 8 heteroatoms. The van der Waals surface area contributed by atoms with Gasteiger partial charge in [0.15, 0.2) is 5.78 Å². The summed E-state index contributed by atoms with van der Waals surface area (Å²) < 4.78 is 5.05. The molecule has 156 valence electrons. The van der Waals surface area contributed by atoms with E-state index in [1.165, 1.54) is 0 Å². The first-order chi connectivity index (χ1) is 12.7. The summed E-state index contributed by atoms with van der Waals surface area (Å²) in [6.45, 7) is 5.24. The Morgan fingerprint density at radius 1 is 1.21 bits per heavy atom. The molecule has 1 aliphatic rings. The van der Waals surface area contributed by atoms with Crippen LogP contribution in [0.4, 0.5) is 0 Å². The van der Waals surface area contributed by atoms with E-state index in [9.17, 15) is 14.4 Å². The maximum Gasteiger partial charge on any atom is 0.223 e. The van der Waals surface area contributed by atoms with E-state index in [0.29, 0.717) is 24.4 Å². The summed E-state index contributed by atoms with van der Waals surface area (Å²) in [5.41, 5.74) is 6.46. The Labute approximate surface area is 172 Å². The number of nitrogens with one attached hydrogen (secondary N) is 1. The second-order valence-corrected chi connectivity index (χ2v) is 7.63. The highest BCUT2D eigenvalue weighted by atomic mass is 35.5. The van der Waals surface area contributed by atoms with Crippen LogP contribution in [0.25, 0.3) is 0 Å². The molecule has 0 aliphatic carbocycles. The fourth-order valence-corrected chi connectivity index (χ4v) is 3.11. The Kier molecular flexibility index (Phi) is 8.91. The number of halogens is 1. The molecule has 0 saturated carbocycles. The molecule has 1 unspecified atom stereocenters. The van der Waals surface area contributed by atoms with E-state index >= 15 is 0 Å². The monoisotopic (exact) mass is 411 g/mol. The third-order valence-corrected chi connectivity index (χ3v) is 5.09. The Morgan fingerprint density at radius 3 is 2.43 bits per heavy atom. The quantitative estimate of drug-likeness (QED) is 0.666. The summed E-state index contributed by atoms with van der Waals surface area (Å²) in [7, 11) is 1.55. The summed E-state index contributed by atoms with van der Waals surface area (Å²) in [6, 6.07) is 6.77. The molecule has 1 fully saturated rings. The lowest BCUT2D eigenvalue weighted by Gasteiger charge is -2.42. The Balaban J connectivity index is 0.00000392. The number of piperidine rings is 1. The third-order valence-electron chi connectivity index (χ3n) is 5.09. The Morgan fingerprint density at radius 2 is 1.86 bits per heavy atom. The van der Waals surface area contributed by atoms with Crippen molar-refractivity contribution in [1.82, 2.24) is 10.2 Å². The molecule has 0 radical (unpaired) electrons. The molecule has 0 bridgehead atoms. The SMILES string of the molecule is COc1ccc(C(=O)CNC(=O)CCC(=O)N2CCC(N)C(C)(C)C2)cc1.Cl. The molecule has 2 amide bonds. The summed E-state index contributed by atoms with van der Waals surface area (Å²) in [5.74, 6) is 0.116. The zero-order chi connectivity index (χ0) is 20.0. The van der Waals surface area contributed by atoms with Crippen molar-refractivity contribution in [2.75, 3.05) is 26.7 Å². The van der Waals surface area contributed by atoms with E-state index in [1.54, 1.807) is 36.3 Å². The average molecular weight is 412 g/mol. The van der Waals surface area contributed by atoms with Crippen molar-refractivity contribution in [3.63, 3.8) is 0 Å². The number of carbonyl (C=O) groups excluding carboxylic acids is 3. The standard InChI is InChI=1S/C20H29N3O4.ClH/c1-20(2)13-23(11-10-17(20)21)19(26)9-8-18(25)22-12-16(24)14-4-6-15(27-3)7-5-14;/h4-7,17H,8-13,21H2,1-3H3,(H,22,25);1H. The van der Waals surface area contributed by atoms with Gasteiger partial charge in [-0.05, 0) is 36.1 Å². The van der Waals surface area contributed by atoms with Crippen LogP contribution in [0.15, 0.2) is 24.3 Å². The molecular weight excluding hydrogens is 382 g/mol. The highest BCUT2D eigenvalue weighted by molar-refractivity contribution is 5.99. The van der Waals surface area contributed by atoms with E-state index < -0.39 is 0 Å². The lowest BCUT2D eigenvalue weighted by atomic mass is 9.79. The zero-order valence-corrected chi connectivity index (χ0v) is 17.5. The minimum Gasteiger partial charge on any atom is -0.497 e. The van der Waals surface area contributed by atoms with Crippen LogP contribution >= 0.6 is 12.4 Å². The van der Waals surface area contributed by atoms with Crippen LogP contribution in [0.3, 0.4) is 0 Å². The van der Waals surface area contributed by atoms with Crippen molar-refractivity contribution >= 4 is 30.0 Å². The maximum atomic E-state index is 12.3. The van der Waals surface area contributed by atoms with Crippen LogP contribution in [0.2, 0.25) is 0 Å². The number of hydrogen-bond donors (Lipinski definition) is 2. The first-order valence-electron chi connectivity index (χ1n) is 9.20. The van der Waals surface area contributed by atoms with Gasteiger partial charge in [-0.15, -0.1) is 12.4 Å². The fraction of sp³-hybridized carbons (Fsp3) is 0.550. The lowest BCUT2D eigenvalue weighted by Crippen LogP contribution is -2.54. The molecule has 1 aromatic rings. The van der Waals surface area contributed by atoms with E-state index in [4.69, 9.17) is 10.5 Å². The highest BCUT2D eigenvalue weighted by Crippen LogP contribution is 2.28. The Bertz CT molecular complexity index is 691. The molecule has 2 rings (SSSR count). The third kappa shape index (κ3) is 6.49. The predicted molar refractivity (Wildman–Crippen MR) is 110 cm³/mol. The van der Waals surface area contributed by atoms with Crippen molar-refractivity contribution in [1.29, 1.82) is 0 Å². The average Bonchev–Trinajstić information content (AvgIpc) is 2.66. The second-order valence-electron chi connectivity index (χ2n) is 7.63. The van der Waals surface area contributed by atoms with E-state index in [1.807, 2.05) is 0 Å². The summed E-state index contributed by atoms with van der Waals surface area (Å²) in [6.07, 6.45) is 0.965. The molecule has 1 aliphatic heterocycles. The van der Waals surface area contributed by atoms with Crippen molar-refractivity contribution in [3.05, 3.63) is 29.8 Å². The first kappa shape index (κ1) is 23.9. The van der Waals surface area contributed by atoms with Gasteiger partial charge in [0, 0.05) is 37.5 Å². The molecule has 1 saturated heterocycles. The van der Waals surface area contributed by atoms with Crippen LogP contribution < -0.4 is 15.8 Å². The number of amides is 2. The van der Waals surface area contributed by atoms with E-state index in [-0.39, 0.29) is 60.8 Å². The Hall–Kier alpha value is -2.12. The largest absolute Gasteiger partial charge is 0.497 e. The molecule has 0 spiro atoms. The molecule has 3 N–H and O–H groups in total. The molecule has 1 aromatic carbocycles. The van der Waals surface area contributed by atoms with Gasteiger partial charge in [-0.1, -0.05) is 13.8 Å². The molecule has 1 heterocycles. The number of hydrogen-bond acceptors (Lipinski definition) is 5. The van der Waals surface area contributed by atoms with Crippen LogP contribution in [0, 0.1) is 5.41 Å². The van der Waals surface area contributed by atoms with Gasteiger partial charge >= 0.3 is 0 Å². The number of nitrogens with two attached hydrogens (primary N) is 1. The summed E-state index contributed by atoms with van der Waals surface area (Å²) in [5, 5.41) is 2.58. The molecular formula is C20H30ClN3O4. The van der Waals surface area contributed by atoms with Crippen molar-refractivity contribution < 1.29 is 19.1 Å². The van der Waals surface area contributed by atoms with Crippen molar-refractivity contribution in [2.45, 2.75) is 39.2 Å². The smallest absolute Gasteiger partial charge is 0.223 e. The predicted octanol–water partition coefficient (Wildman–Crippen LogP) is 1.78. The van der Waals surface area contributed by atoms with Crippen LogP contribution in [0.5, 0.6) is 5.75 Å². The number of methoxy groups -OCH3 is 1. The first-order valence-corrected chi connectivity index (χ1v) is 9.20.